The molecule has 5 nitrogen and oxygen atoms in total. The van der Waals surface area contributed by atoms with Crippen LogP contribution in [0.3, 0.4) is 0 Å². The molecular weight excluding hydrogens is 293 g/mol. The minimum absolute atomic E-state index is 0.110. The van der Waals surface area contributed by atoms with Crippen LogP contribution in [0.1, 0.15) is 0 Å². The number of methoxy groups -OCH3 is 2. The fraction of sp³-hybridized carbons (Fsp3) is 0.286. The van der Waals surface area contributed by atoms with Gasteiger partial charge in [0.05, 0.1) is 18.7 Å². The number of pyridine rings is 1. The first kappa shape index (κ1) is 12.2. The smallest absolute Gasteiger partial charge is 0.337 e. The lowest BCUT2D eigenvalue weighted by molar-refractivity contribution is 0.353. The predicted octanol–water partition coefficient (Wildman–Crippen LogP) is 1.52. The van der Waals surface area contributed by atoms with E-state index in [0.717, 1.165) is 6.07 Å². The SMILES string of the molecule is COc1nc(OC)c(S(=O)(=O)F)cc1Br. The second-order valence-corrected chi connectivity index (χ2v) is 4.59. The van der Waals surface area contributed by atoms with Gasteiger partial charge >= 0.3 is 10.2 Å². The fourth-order valence-electron chi connectivity index (χ4n) is 0.903. The average molecular weight is 300 g/mol. The maximum atomic E-state index is 12.8. The van der Waals surface area contributed by atoms with Crippen LogP contribution in [0.2, 0.25) is 0 Å². The van der Waals surface area contributed by atoms with Gasteiger partial charge in [0.25, 0.3) is 0 Å². The van der Waals surface area contributed by atoms with E-state index in [0.29, 0.717) is 0 Å². The Bertz CT molecular complexity index is 476. The highest BCUT2D eigenvalue weighted by Crippen LogP contribution is 2.32. The molecule has 8 heteroatoms. The molecule has 0 aliphatic heterocycles. The van der Waals surface area contributed by atoms with E-state index in [9.17, 15) is 12.3 Å². The van der Waals surface area contributed by atoms with Gasteiger partial charge in [-0.1, -0.05) is 0 Å². The Kier molecular flexibility index (Phi) is 3.50. The van der Waals surface area contributed by atoms with Gasteiger partial charge in [-0.3, -0.25) is 0 Å². The zero-order valence-corrected chi connectivity index (χ0v) is 10.2. The summed E-state index contributed by atoms with van der Waals surface area (Å²) in [6, 6.07) is 1.03. The molecule has 0 aromatic carbocycles. The van der Waals surface area contributed by atoms with Crippen LogP contribution in [0.25, 0.3) is 0 Å². The van der Waals surface area contributed by atoms with Gasteiger partial charge in [-0.25, -0.2) is 0 Å². The molecule has 0 aliphatic rings. The van der Waals surface area contributed by atoms with E-state index in [1.165, 1.54) is 14.2 Å². The van der Waals surface area contributed by atoms with Crippen molar-refractivity contribution in [1.29, 1.82) is 0 Å². The van der Waals surface area contributed by atoms with Crippen molar-refractivity contribution in [1.82, 2.24) is 4.98 Å². The Hall–Kier alpha value is -0.890. The van der Waals surface area contributed by atoms with E-state index < -0.39 is 15.1 Å². The van der Waals surface area contributed by atoms with Crippen LogP contribution in [0, 0.1) is 0 Å². The third-order valence-electron chi connectivity index (χ3n) is 1.53. The maximum Gasteiger partial charge on any atom is 0.337 e. The van der Waals surface area contributed by atoms with Crippen LogP contribution in [-0.2, 0) is 10.2 Å². The first-order valence-electron chi connectivity index (χ1n) is 3.63. The van der Waals surface area contributed by atoms with Gasteiger partial charge in [0.15, 0.2) is 4.90 Å². The van der Waals surface area contributed by atoms with E-state index in [-0.39, 0.29) is 16.2 Å². The lowest BCUT2D eigenvalue weighted by Gasteiger charge is -2.07. The van der Waals surface area contributed by atoms with Crippen LogP contribution in [0.15, 0.2) is 15.4 Å². The second kappa shape index (κ2) is 4.31. The summed E-state index contributed by atoms with van der Waals surface area (Å²) < 4.78 is 43.9. The first-order valence-corrected chi connectivity index (χ1v) is 5.81. The molecule has 0 bridgehead atoms. The summed E-state index contributed by atoms with van der Waals surface area (Å²) in [6.45, 7) is 0. The Labute approximate surface area is 94.6 Å². The zero-order chi connectivity index (χ0) is 11.6. The molecule has 0 N–H and O–H groups in total. The third-order valence-corrected chi connectivity index (χ3v) is 2.91. The molecule has 0 saturated carbocycles. The number of halogens is 2. The molecule has 1 heterocycles. The Morgan fingerprint density at radius 1 is 1.33 bits per heavy atom. The zero-order valence-electron chi connectivity index (χ0n) is 7.82. The van der Waals surface area contributed by atoms with Crippen molar-refractivity contribution in [3.63, 3.8) is 0 Å². The number of nitrogens with zero attached hydrogens (tertiary/aromatic N) is 1. The summed E-state index contributed by atoms with van der Waals surface area (Å²) in [4.78, 5) is 3.02. The largest absolute Gasteiger partial charge is 0.480 e. The van der Waals surface area contributed by atoms with Crippen LogP contribution in [0.5, 0.6) is 11.8 Å². The lowest BCUT2D eigenvalue weighted by atomic mass is 10.4. The van der Waals surface area contributed by atoms with E-state index in [1.807, 2.05) is 0 Å². The Balaban J connectivity index is 3.48. The summed E-state index contributed by atoms with van der Waals surface area (Å²) in [6.07, 6.45) is 0. The molecular formula is C7H7BrFNO4S. The summed E-state index contributed by atoms with van der Waals surface area (Å²) in [5.74, 6) is -0.239. The molecule has 0 radical (unpaired) electrons. The number of ether oxygens (including phenoxy) is 2. The van der Waals surface area contributed by atoms with Crippen molar-refractivity contribution in [2.24, 2.45) is 0 Å². The standard InChI is InChI=1S/C7H7BrFNO4S/c1-13-6-4(8)3-5(15(9,11)12)7(10-6)14-2/h3H,1-2H3. The topological polar surface area (TPSA) is 65.5 Å². The van der Waals surface area contributed by atoms with Gasteiger partial charge in [0.1, 0.15) is 0 Å². The van der Waals surface area contributed by atoms with Crippen LogP contribution >= 0.6 is 15.9 Å². The Morgan fingerprint density at radius 3 is 2.27 bits per heavy atom. The molecule has 1 rings (SSSR count). The fourth-order valence-corrected chi connectivity index (χ4v) is 2.13. The number of hydrogen-bond donors (Lipinski definition) is 0. The maximum absolute atomic E-state index is 12.8. The van der Waals surface area contributed by atoms with Crippen molar-refractivity contribution < 1.29 is 21.8 Å². The molecule has 0 saturated heterocycles. The molecule has 84 valence electrons. The van der Waals surface area contributed by atoms with Gasteiger partial charge in [0.2, 0.25) is 11.8 Å². The minimum Gasteiger partial charge on any atom is -0.480 e. The number of aromatic nitrogens is 1. The second-order valence-electron chi connectivity index (χ2n) is 2.42. The predicted molar refractivity (Wildman–Crippen MR) is 53.3 cm³/mol. The summed E-state index contributed by atoms with van der Waals surface area (Å²) >= 11 is 2.99. The lowest BCUT2D eigenvalue weighted by Crippen LogP contribution is -2.01. The molecule has 0 unspecified atom stereocenters. The van der Waals surface area contributed by atoms with Crippen molar-refractivity contribution in [3.8, 4) is 11.8 Å². The molecule has 1 aromatic heterocycles. The van der Waals surface area contributed by atoms with Crippen LogP contribution in [0.4, 0.5) is 3.89 Å². The normalized spacial score (nSPS) is 11.2. The average Bonchev–Trinajstić information content (AvgIpc) is 2.16. The quantitative estimate of drug-likeness (QED) is 0.792. The number of rotatable bonds is 3. The van der Waals surface area contributed by atoms with Crippen molar-refractivity contribution in [3.05, 3.63) is 10.5 Å². The summed E-state index contributed by atoms with van der Waals surface area (Å²) in [5, 5.41) is 0. The van der Waals surface area contributed by atoms with E-state index in [2.05, 4.69) is 25.7 Å². The monoisotopic (exact) mass is 299 g/mol. The van der Waals surface area contributed by atoms with E-state index in [1.54, 1.807) is 0 Å². The van der Waals surface area contributed by atoms with Gasteiger partial charge in [-0.2, -0.15) is 13.4 Å². The molecule has 0 spiro atoms. The van der Waals surface area contributed by atoms with Crippen molar-refractivity contribution in [2.75, 3.05) is 14.2 Å². The highest BCUT2D eigenvalue weighted by Gasteiger charge is 2.22. The van der Waals surface area contributed by atoms with Crippen molar-refractivity contribution >= 4 is 26.2 Å². The Morgan fingerprint density at radius 2 is 1.87 bits per heavy atom. The van der Waals surface area contributed by atoms with Crippen LogP contribution < -0.4 is 9.47 Å². The van der Waals surface area contributed by atoms with Gasteiger partial charge in [-0.05, 0) is 22.0 Å². The van der Waals surface area contributed by atoms with Crippen LogP contribution in [-0.4, -0.2) is 27.6 Å². The van der Waals surface area contributed by atoms with E-state index >= 15 is 0 Å². The highest BCUT2D eigenvalue weighted by molar-refractivity contribution is 9.10. The van der Waals surface area contributed by atoms with Gasteiger partial charge < -0.3 is 9.47 Å². The van der Waals surface area contributed by atoms with Gasteiger partial charge in [0, 0.05) is 0 Å². The third kappa shape index (κ3) is 2.57. The molecule has 0 aliphatic carbocycles. The minimum atomic E-state index is -4.87. The molecule has 1 aromatic rings. The number of hydrogen-bond acceptors (Lipinski definition) is 5. The molecule has 15 heavy (non-hydrogen) atoms. The van der Waals surface area contributed by atoms with E-state index in [4.69, 9.17) is 4.74 Å². The molecule has 0 atom stereocenters. The summed E-state index contributed by atoms with van der Waals surface area (Å²) in [7, 11) is -2.34. The van der Waals surface area contributed by atoms with Crippen molar-refractivity contribution in [2.45, 2.75) is 4.90 Å². The molecule has 0 amide bonds. The highest BCUT2D eigenvalue weighted by atomic mass is 79.9. The molecule has 0 fully saturated rings. The summed E-state index contributed by atoms with van der Waals surface area (Å²) in [5.41, 5.74) is 0. The van der Waals surface area contributed by atoms with Gasteiger partial charge in [-0.15, -0.1) is 3.89 Å². The first-order chi connectivity index (χ1) is 6.90.